The number of halogens is 1. The molecule has 1 saturated heterocycles. The van der Waals surface area contributed by atoms with Gasteiger partial charge in [-0.15, -0.1) is 0 Å². The molecule has 0 aromatic heterocycles. The number of hydrogen-bond acceptors (Lipinski definition) is 3. The molecule has 0 saturated carbocycles. The van der Waals surface area contributed by atoms with Gasteiger partial charge in [-0.05, 0) is 50.5 Å². The van der Waals surface area contributed by atoms with Crippen LogP contribution in [0.3, 0.4) is 0 Å². The quantitative estimate of drug-likeness (QED) is 0.704. The number of rotatable bonds is 6. The zero-order valence-electron chi connectivity index (χ0n) is 16.1. The van der Waals surface area contributed by atoms with Gasteiger partial charge >= 0.3 is 0 Å². The molecule has 1 aliphatic rings. The van der Waals surface area contributed by atoms with Crippen LogP contribution in [-0.4, -0.2) is 42.7 Å². The van der Waals surface area contributed by atoms with Crippen LogP contribution in [0.4, 0.5) is 0 Å². The van der Waals surface area contributed by atoms with E-state index in [4.69, 9.17) is 11.6 Å². The zero-order valence-corrected chi connectivity index (χ0v) is 17.7. The second kappa shape index (κ2) is 8.64. The highest BCUT2D eigenvalue weighted by molar-refractivity contribution is 7.89. The largest absolute Gasteiger partial charge is 0.332 e. The van der Waals surface area contributed by atoms with Gasteiger partial charge in [-0.25, -0.2) is 8.42 Å². The van der Waals surface area contributed by atoms with Gasteiger partial charge in [-0.1, -0.05) is 41.9 Å². The summed E-state index contributed by atoms with van der Waals surface area (Å²) in [5, 5.41) is 0.254. The molecule has 0 unspecified atom stereocenters. The van der Waals surface area contributed by atoms with E-state index < -0.39 is 10.0 Å². The van der Waals surface area contributed by atoms with Crippen molar-refractivity contribution in [3.63, 3.8) is 0 Å². The fourth-order valence-electron chi connectivity index (χ4n) is 3.33. The van der Waals surface area contributed by atoms with Crippen LogP contribution in [0.15, 0.2) is 53.4 Å². The van der Waals surface area contributed by atoms with Gasteiger partial charge < -0.3 is 4.90 Å². The maximum atomic E-state index is 13.2. The van der Waals surface area contributed by atoms with Crippen LogP contribution >= 0.6 is 11.6 Å². The van der Waals surface area contributed by atoms with Crippen LogP contribution in [0.1, 0.15) is 42.6 Å². The van der Waals surface area contributed by atoms with Crippen molar-refractivity contribution in [3.8, 4) is 0 Å². The molecule has 1 aliphatic heterocycles. The van der Waals surface area contributed by atoms with E-state index in [9.17, 15) is 13.2 Å². The van der Waals surface area contributed by atoms with E-state index in [1.54, 1.807) is 4.90 Å². The summed E-state index contributed by atoms with van der Waals surface area (Å²) in [6.07, 6.45) is 1.72. The highest BCUT2D eigenvalue weighted by Crippen LogP contribution is 2.27. The number of sulfonamides is 1. The van der Waals surface area contributed by atoms with Crippen molar-refractivity contribution >= 4 is 27.5 Å². The lowest BCUT2D eigenvalue weighted by molar-refractivity contribution is 0.0690. The van der Waals surface area contributed by atoms with Crippen LogP contribution in [0, 0.1) is 0 Å². The van der Waals surface area contributed by atoms with Crippen molar-refractivity contribution in [3.05, 3.63) is 64.7 Å². The lowest BCUT2D eigenvalue weighted by atomic mass is 10.1. The predicted octanol–water partition coefficient (Wildman–Crippen LogP) is 4.18. The van der Waals surface area contributed by atoms with Crippen molar-refractivity contribution in [1.82, 2.24) is 9.21 Å². The Morgan fingerprint density at radius 2 is 1.75 bits per heavy atom. The van der Waals surface area contributed by atoms with E-state index in [0.29, 0.717) is 19.6 Å². The Bertz CT molecular complexity index is 939. The van der Waals surface area contributed by atoms with Gasteiger partial charge in [0.25, 0.3) is 5.91 Å². The summed E-state index contributed by atoms with van der Waals surface area (Å²) >= 11 is 6.30. The molecular formula is C21H25ClN2O3S. The maximum absolute atomic E-state index is 13.2. The monoisotopic (exact) mass is 420 g/mol. The molecule has 0 atom stereocenters. The molecular weight excluding hydrogens is 396 g/mol. The third kappa shape index (κ3) is 4.40. The molecule has 0 bridgehead atoms. The average molecular weight is 421 g/mol. The molecule has 3 rings (SSSR count). The minimum Gasteiger partial charge on any atom is -0.332 e. The van der Waals surface area contributed by atoms with Crippen LogP contribution in [0.25, 0.3) is 0 Å². The first-order chi connectivity index (χ1) is 13.3. The average Bonchev–Trinajstić information content (AvgIpc) is 3.22. The normalized spacial score (nSPS) is 15.1. The Morgan fingerprint density at radius 1 is 1.11 bits per heavy atom. The Morgan fingerprint density at radius 3 is 2.36 bits per heavy atom. The summed E-state index contributed by atoms with van der Waals surface area (Å²) < 4.78 is 27.2. The highest BCUT2D eigenvalue weighted by atomic mass is 35.5. The van der Waals surface area contributed by atoms with E-state index in [-0.39, 0.29) is 27.4 Å². The summed E-state index contributed by atoms with van der Waals surface area (Å²) in [6, 6.07) is 14.0. The molecule has 0 spiro atoms. The molecule has 1 fully saturated rings. The predicted molar refractivity (Wildman–Crippen MR) is 111 cm³/mol. The standard InChI is InChI=1S/C21H25ClN2O3S/c1-16(2)24(15-17-8-4-3-5-9-17)21(25)19-14-18(10-11-20(19)22)28(26,27)23-12-6-7-13-23/h3-5,8-11,14,16H,6-7,12-13,15H2,1-2H3. The fourth-order valence-corrected chi connectivity index (χ4v) is 5.07. The van der Waals surface area contributed by atoms with Gasteiger partial charge in [0.1, 0.15) is 0 Å². The lowest BCUT2D eigenvalue weighted by Crippen LogP contribution is -2.36. The zero-order chi connectivity index (χ0) is 20.3. The SMILES string of the molecule is CC(C)N(Cc1ccccc1)C(=O)c1cc(S(=O)(=O)N2CCCC2)ccc1Cl. The summed E-state index contributed by atoms with van der Waals surface area (Å²) in [6.45, 7) is 5.32. The molecule has 0 radical (unpaired) electrons. The van der Waals surface area contributed by atoms with Crippen molar-refractivity contribution in [2.75, 3.05) is 13.1 Å². The molecule has 28 heavy (non-hydrogen) atoms. The molecule has 7 heteroatoms. The molecule has 150 valence electrons. The van der Waals surface area contributed by atoms with Crippen LogP contribution < -0.4 is 0 Å². The lowest BCUT2D eigenvalue weighted by Gasteiger charge is -2.27. The van der Waals surface area contributed by atoms with E-state index >= 15 is 0 Å². The Labute approximate surface area is 172 Å². The van der Waals surface area contributed by atoms with Crippen molar-refractivity contribution < 1.29 is 13.2 Å². The summed E-state index contributed by atoms with van der Waals surface area (Å²) in [7, 11) is -3.61. The second-order valence-electron chi connectivity index (χ2n) is 7.27. The van der Waals surface area contributed by atoms with E-state index in [2.05, 4.69) is 0 Å². The van der Waals surface area contributed by atoms with Gasteiger partial charge in [-0.3, -0.25) is 4.79 Å². The minimum absolute atomic E-state index is 0.0670. The summed E-state index contributed by atoms with van der Waals surface area (Å²) in [5.41, 5.74) is 1.22. The smallest absolute Gasteiger partial charge is 0.255 e. The molecule has 2 aromatic carbocycles. The first kappa shape index (κ1) is 20.8. The number of nitrogens with zero attached hydrogens (tertiary/aromatic N) is 2. The van der Waals surface area contributed by atoms with Gasteiger partial charge in [-0.2, -0.15) is 4.31 Å². The fraction of sp³-hybridized carbons (Fsp3) is 0.381. The highest BCUT2D eigenvalue weighted by Gasteiger charge is 2.29. The molecule has 1 heterocycles. The number of benzene rings is 2. The van der Waals surface area contributed by atoms with Crippen molar-refractivity contribution in [1.29, 1.82) is 0 Å². The minimum atomic E-state index is -3.61. The van der Waals surface area contributed by atoms with E-state index in [1.807, 2.05) is 44.2 Å². The second-order valence-corrected chi connectivity index (χ2v) is 9.61. The Kier molecular flexibility index (Phi) is 6.43. The Hall–Kier alpha value is -1.89. The maximum Gasteiger partial charge on any atom is 0.255 e. The van der Waals surface area contributed by atoms with Gasteiger partial charge in [0, 0.05) is 25.7 Å². The van der Waals surface area contributed by atoms with E-state index in [1.165, 1.54) is 22.5 Å². The van der Waals surface area contributed by atoms with Gasteiger partial charge in [0.2, 0.25) is 10.0 Å². The molecule has 5 nitrogen and oxygen atoms in total. The molecule has 1 amide bonds. The molecule has 0 N–H and O–H groups in total. The topological polar surface area (TPSA) is 57.7 Å². The number of hydrogen-bond donors (Lipinski definition) is 0. The van der Waals surface area contributed by atoms with Gasteiger partial charge in [0.15, 0.2) is 0 Å². The van der Waals surface area contributed by atoms with Crippen molar-refractivity contribution in [2.24, 2.45) is 0 Å². The van der Waals surface area contributed by atoms with Crippen LogP contribution in [0.5, 0.6) is 0 Å². The number of amides is 1. The molecule has 2 aromatic rings. The Balaban J connectivity index is 1.93. The number of carbonyl (C=O) groups is 1. The van der Waals surface area contributed by atoms with E-state index in [0.717, 1.165) is 18.4 Å². The summed E-state index contributed by atoms with van der Waals surface area (Å²) in [4.78, 5) is 15.1. The van der Waals surface area contributed by atoms with Crippen molar-refractivity contribution in [2.45, 2.75) is 44.2 Å². The first-order valence-corrected chi connectivity index (χ1v) is 11.3. The molecule has 0 aliphatic carbocycles. The third-order valence-electron chi connectivity index (χ3n) is 4.95. The third-order valence-corrected chi connectivity index (χ3v) is 7.18. The number of carbonyl (C=O) groups excluding carboxylic acids is 1. The first-order valence-electron chi connectivity index (χ1n) is 9.45. The van der Waals surface area contributed by atoms with Gasteiger partial charge in [0.05, 0.1) is 15.5 Å². The van der Waals surface area contributed by atoms with Crippen LogP contribution in [-0.2, 0) is 16.6 Å². The van der Waals surface area contributed by atoms with Crippen LogP contribution in [0.2, 0.25) is 5.02 Å². The summed E-state index contributed by atoms with van der Waals surface area (Å²) in [5.74, 6) is -0.276.